The van der Waals surface area contributed by atoms with Gasteiger partial charge in [-0.3, -0.25) is 4.79 Å². The summed E-state index contributed by atoms with van der Waals surface area (Å²) < 4.78 is 12.0. The largest absolute Gasteiger partial charge is 0.497 e. The maximum atomic E-state index is 11.8. The summed E-state index contributed by atoms with van der Waals surface area (Å²) in [7, 11) is -0.516. The molecule has 1 aromatic heterocycles. The van der Waals surface area contributed by atoms with Crippen LogP contribution in [0.25, 0.3) is 10.9 Å². The van der Waals surface area contributed by atoms with Crippen LogP contribution in [-0.2, 0) is 9.31 Å². The number of hydrogen-bond acceptors (Lipinski definition) is 4. The molecule has 1 saturated heterocycles. The Kier molecular flexibility index (Phi) is 2.78. The second-order valence-electron chi connectivity index (χ2n) is 6.06. The van der Waals surface area contributed by atoms with E-state index < -0.39 is 18.3 Å². The number of para-hydroxylation sites is 1. The molecule has 20 heavy (non-hydrogen) atoms. The van der Waals surface area contributed by atoms with Gasteiger partial charge in [0.1, 0.15) is 0 Å². The number of aromatic amines is 1. The SMILES string of the molecule is CC1(C)OB(c2cccc3c(=O)[nH]cnc23)OC1(C)C. The number of fused-ring (bicyclic) bond motifs is 1. The third-order valence-electron chi connectivity index (χ3n) is 4.21. The molecular weight excluding hydrogens is 255 g/mol. The highest BCUT2D eigenvalue weighted by atomic mass is 16.7. The van der Waals surface area contributed by atoms with Crippen molar-refractivity contribution in [3.8, 4) is 0 Å². The minimum absolute atomic E-state index is 0.159. The topological polar surface area (TPSA) is 64.2 Å². The maximum Gasteiger partial charge on any atom is 0.497 e. The van der Waals surface area contributed by atoms with Gasteiger partial charge in [-0.2, -0.15) is 0 Å². The van der Waals surface area contributed by atoms with Crippen molar-refractivity contribution in [2.24, 2.45) is 0 Å². The van der Waals surface area contributed by atoms with Crippen LogP contribution in [0.2, 0.25) is 0 Å². The van der Waals surface area contributed by atoms with Crippen molar-refractivity contribution in [3.63, 3.8) is 0 Å². The molecule has 1 fully saturated rings. The van der Waals surface area contributed by atoms with Crippen LogP contribution in [-0.4, -0.2) is 28.3 Å². The summed E-state index contributed by atoms with van der Waals surface area (Å²) in [5.41, 5.74) is 0.414. The van der Waals surface area contributed by atoms with Crippen LogP contribution in [0.15, 0.2) is 29.3 Å². The Morgan fingerprint density at radius 3 is 2.45 bits per heavy atom. The van der Waals surface area contributed by atoms with Crippen LogP contribution >= 0.6 is 0 Å². The van der Waals surface area contributed by atoms with E-state index in [1.807, 2.05) is 39.8 Å². The van der Waals surface area contributed by atoms with Crippen LogP contribution in [0.5, 0.6) is 0 Å². The fourth-order valence-corrected chi connectivity index (χ4v) is 2.28. The van der Waals surface area contributed by atoms with E-state index >= 15 is 0 Å². The zero-order valence-corrected chi connectivity index (χ0v) is 12.1. The summed E-state index contributed by atoms with van der Waals surface area (Å²) in [6.45, 7) is 7.99. The van der Waals surface area contributed by atoms with Crippen molar-refractivity contribution in [1.82, 2.24) is 9.97 Å². The van der Waals surface area contributed by atoms with E-state index in [0.29, 0.717) is 10.9 Å². The number of nitrogens with one attached hydrogen (secondary N) is 1. The van der Waals surface area contributed by atoms with Crippen LogP contribution < -0.4 is 11.0 Å². The number of nitrogens with zero attached hydrogens (tertiary/aromatic N) is 1. The van der Waals surface area contributed by atoms with Gasteiger partial charge >= 0.3 is 7.12 Å². The molecule has 1 N–H and O–H groups in total. The molecule has 2 aromatic rings. The predicted molar refractivity (Wildman–Crippen MR) is 78.1 cm³/mol. The van der Waals surface area contributed by atoms with Gasteiger partial charge in [-0.15, -0.1) is 0 Å². The molecule has 1 aliphatic rings. The van der Waals surface area contributed by atoms with Crippen molar-refractivity contribution in [1.29, 1.82) is 0 Å². The molecule has 6 heteroatoms. The zero-order chi connectivity index (χ0) is 14.5. The quantitative estimate of drug-likeness (QED) is 0.793. The lowest BCUT2D eigenvalue weighted by atomic mass is 9.78. The van der Waals surface area contributed by atoms with E-state index in [2.05, 4.69) is 9.97 Å². The molecule has 3 rings (SSSR count). The average molecular weight is 272 g/mol. The monoisotopic (exact) mass is 272 g/mol. The minimum atomic E-state index is -0.516. The van der Waals surface area contributed by atoms with Gasteiger partial charge in [0.15, 0.2) is 0 Å². The first-order valence-electron chi connectivity index (χ1n) is 6.64. The third-order valence-corrected chi connectivity index (χ3v) is 4.21. The molecule has 5 nitrogen and oxygen atoms in total. The number of aromatic nitrogens is 2. The maximum absolute atomic E-state index is 11.8. The Labute approximate surface area is 117 Å². The van der Waals surface area contributed by atoms with E-state index in [4.69, 9.17) is 9.31 Å². The Bertz CT molecular complexity index is 708. The van der Waals surface area contributed by atoms with E-state index in [9.17, 15) is 4.79 Å². The van der Waals surface area contributed by atoms with Gasteiger partial charge < -0.3 is 14.3 Å². The molecule has 104 valence electrons. The fraction of sp³-hybridized carbons (Fsp3) is 0.429. The fourth-order valence-electron chi connectivity index (χ4n) is 2.28. The predicted octanol–water partition coefficient (Wildman–Crippen LogP) is 1.22. The molecule has 0 spiro atoms. The standard InChI is InChI=1S/C14H17BN2O3/c1-13(2)14(3,4)20-15(19-13)10-7-5-6-9-11(10)16-8-17-12(9)18/h5-8H,1-4H3,(H,16,17,18). The highest BCUT2D eigenvalue weighted by Gasteiger charge is 2.52. The highest BCUT2D eigenvalue weighted by molar-refractivity contribution is 6.64. The Hall–Kier alpha value is -1.66. The first-order valence-corrected chi connectivity index (χ1v) is 6.64. The minimum Gasteiger partial charge on any atom is -0.399 e. The molecule has 0 saturated carbocycles. The second kappa shape index (κ2) is 4.17. The zero-order valence-electron chi connectivity index (χ0n) is 12.1. The van der Waals surface area contributed by atoms with Gasteiger partial charge in [-0.1, -0.05) is 12.1 Å². The van der Waals surface area contributed by atoms with Gasteiger partial charge in [-0.25, -0.2) is 4.98 Å². The van der Waals surface area contributed by atoms with E-state index in [0.717, 1.165) is 5.46 Å². The number of hydrogen-bond donors (Lipinski definition) is 1. The second-order valence-corrected chi connectivity index (χ2v) is 6.06. The van der Waals surface area contributed by atoms with Gasteiger partial charge in [-0.05, 0) is 33.8 Å². The van der Waals surface area contributed by atoms with E-state index in [1.54, 1.807) is 6.07 Å². The summed E-state index contributed by atoms with van der Waals surface area (Å²) in [5, 5.41) is 0.541. The summed E-state index contributed by atoms with van der Waals surface area (Å²) in [6, 6.07) is 5.45. The Morgan fingerprint density at radius 2 is 1.80 bits per heavy atom. The van der Waals surface area contributed by atoms with Gasteiger partial charge in [0, 0.05) is 5.46 Å². The molecule has 0 unspecified atom stereocenters. The Balaban J connectivity index is 2.13. The lowest BCUT2D eigenvalue weighted by molar-refractivity contribution is 0.00578. The van der Waals surface area contributed by atoms with Crippen molar-refractivity contribution >= 4 is 23.5 Å². The molecule has 1 aromatic carbocycles. The Morgan fingerprint density at radius 1 is 1.15 bits per heavy atom. The number of H-pyrrole nitrogens is 1. The molecule has 0 amide bonds. The van der Waals surface area contributed by atoms with Gasteiger partial charge in [0.2, 0.25) is 0 Å². The molecule has 0 radical (unpaired) electrons. The van der Waals surface area contributed by atoms with Crippen molar-refractivity contribution < 1.29 is 9.31 Å². The van der Waals surface area contributed by atoms with Crippen LogP contribution in [0.4, 0.5) is 0 Å². The summed E-state index contributed by atoms with van der Waals surface area (Å²) in [4.78, 5) is 18.7. The number of rotatable bonds is 1. The summed E-state index contributed by atoms with van der Waals surface area (Å²) >= 11 is 0. The van der Waals surface area contributed by atoms with Gasteiger partial charge in [0.25, 0.3) is 5.56 Å². The lowest BCUT2D eigenvalue weighted by Gasteiger charge is -2.32. The van der Waals surface area contributed by atoms with Crippen LogP contribution in [0.3, 0.4) is 0 Å². The smallest absolute Gasteiger partial charge is 0.399 e. The normalized spacial score (nSPS) is 20.5. The molecule has 0 bridgehead atoms. The molecular formula is C14H17BN2O3. The van der Waals surface area contributed by atoms with Crippen LogP contribution in [0.1, 0.15) is 27.7 Å². The molecule has 0 atom stereocenters. The first-order chi connectivity index (χ1) is 9.32. The van der Waals surface area contributed by atoms with E-state index in [-0.39, 0.29) is 5.56 Å². The summed E-state index contributed by atoms with van der Waals surface area (Å²) in [5.74, 6) is 0. The molecule has 1 aliphatic heterocycles. The highest BCUT2D eigenvalue weighted by Crippen LogP contribution is 2.36. The number of benzene rings is 1. The van der Waals surface area contributed by atoms with Crippen molar-refractivity contribution in [3.05, 3.63) is 34.9 Å². The van der Waals surface area contributed by atoms with Crippen molar-refractivity contribution in [2.45, 2.75) is 38.9 Å². The van der Waals surface area contributed by atoms with Crippen LogP contribution in [0, 0.1) is 0 Å². The third kappa shape index (κ3) is 1.87. The van der Waals surface area contributed by atoms with Gasteiger partial charge in [0.05, 0.1) is 28.4 Å². The van der Waals surface area contributed by atoms with E-state index in [1.165, 1.54) is 6.33 Å². The first kappa shape index (κ1) is 13.3. The average Bonchev–Trinajstić information content (AvgIpc) is 2.58. The summed E-state index contributed by atoms with van der Waals surface area (Å²) in [6.07, 6.45) is 1.40. The lowest BCUT2D eigenvalue weighted by Crippen LogP contribution is -2.41. The molecule has 0 aliphatic carbocycles. The van der Waals surface area contributed by atoms with Crippen molar-refractivity contribution in [2.75, 3.05) is 0 Å². The molecule has 2 heterocycles.